The third-order valence-electron chi connectivity index (χ3n) is 4.23. The van der Waals surface area contributed by atoms with Crippen molar-refractivity contribution in [2.75, 3.05) is 0 Å². The molecule has 6 heteroatoms. The van der Waals surface area contributed by atoms with Crippen molar-refractivity contribution >= 4 is 11.8 Å². The number of benzene rings is 2. The minimum absolute atomic E-state index is 0.392. The van der Waals surface area contributed by atoms with Crippen molar-refractivity contribution in [3.05, 3.63) is 96.1 Å². The first-order chi connectivity index (χ1) is 12.4. The highest BCUT2D eigenvalue weighted by atomic mass is 16.2. The van der Waals surface area contributed by atoms with Crippen LogP contribution in [0.3, 0.4) is 0 Å². The molecule has 0 fully saturated rings. The molecule has 0 saturated carbocycles. The minimum Gasteiger partial charge on any atom is -0.327 e. The van der Waals surface area contributed by atoms with Crippen molar-refractivity contribution in [1.82, 2.24) is 10.6 Å². The molecule has 1 aliphatic rings. The summed E-state index contributed by atoms with van der Waals surface area (Å²) in [5.74, 6) is -0.784. The van der Waals surface area contributed by atoms with Crippen LogP contribution in [0.4, 0.5) is 0 Å². The molecular weight excluding hydrogens is 328 g/mol. The number of nitrogens with two attached hydrogens (primary N) is 2. The van der Waals surface area contributed by atoms with Crippen LogP contribution >= 0.6 is 0 Å². The highest BCUT2D eigenvalue weighted by Crippen LogP contribution is 2.21. The van der Waals surface area contributed by atoms with Crippen molar-refractivity contribution in [3.8, 4) is 0 Å². The van der Waals surface area contributed by atoms with Crippen LogP contribution in [0.5, 0.6) is 0 Å². The molecule has 26 heavy (non-hydrogen) atoms. The Bertz CT molecular complexity index is 790. The van der Waals surface area contributed by atoms with E-state index in [1.54, 1.807) is 72.8 Å². The number of carbonyl (C=O) groups is 2. The van der Waals surface area contributed by atoms with Gasteiger partial charge in [0, 0.05) is 11.1 Å². The van der Waals surface area contributed by atoms with E-state index in [9.17, 15) is 9.59 Å². The average Bonchev–Trinajstić information content (AvgIpc) is 2.66. The molecule has 6 nitrogen and oxygen atoms in total. The zero-order valence-corrected chi connectivity index (χ0v) is 14.1. The molecule has 2 aromatic rings. The molecule has 0 aliphatic heterocycles. The number of nitrogens with one attached hydrogen (secondary N) is 2. The van der Waals surface area contributed by atoms with Crippen molar-refractivity contribution in [3.63, 3.8) is 0 Å². The van der Waals surface area contributed by atoms with Gasteiger partial charge in [-0.15, -0.1) is 0 Å². The summed E-state index contributed by atoms with van der Waals surface area (Å²) < 4.78 is 0. The molecule has 132 valence electrons. The van der Waals surface area contributed by atoms with E-state index in [1.807, 2.05) is 12.1 Å². The lowest BCUT2D eigenvalue weighted by Gasteiger charge is -2.44. The normalized spacial score (nSPS) is 24.1. The maximum absolute atomic E-state index is 12.5. The van der Waals surface area contributed by atoms with E-state index < -0.39 is 23.1 Å². The van der Waals surface area contributed by atoms with Crippen LogP contribution in [0, 0.1) is 0 Å². The predicted molar refractivity (Wildman–Crippen MR) is 99.9 cm³/mol. The fourth-order valence-electron chi connectivity index (χ4n) is 2.68. The number of amides is 2. The largest absolute Gasteiger partial charge is 0.327 e. The van der Waals surface area contributed by atoms with Crippen molar-refractivity contribution in [2.24, 2.45) is 11.5 Å². The van der Waals surface area contributed by atoms with E-state index in [4.69, 9.17) is 11.5 Å². The van der Waals surface area contributed by atoms with Crippen molar-refractivity contribution in [2.45, 2.75) is 11.3 Å². The summed E-state index contributed by atoms with van der Waals surface area (Å²) in [4.78, 5) is 25.1. The summed E-state index contributed by atoms with van der Waals surface area (Å²) in [6, 6.07) is 17.3. The van der Waals surface area contributed by atoms with Crippen LogP contribution < -0.4 is 22.1 Å². The highest BCUT2D eigenvalue weighted by molar-refractivity contribution is 5.96. The molecular formula is C20H20N4O2. The highest BCUT2D eigenvalue weighted by Gasteiger charge is 2.46. The lowest BCUT2D eigenvalue weighted by atomic mass is 9.88. The van der Waals surface area contributed by atoms with Crippen LogP contribution in [0.2, 0.25) is 0 Å². The number of carbonyl (C=O) groups excluding carboxylic acids is 2. The van der Waals surface area contributed by atoms with Crippen LogP contribution in [0.15, 0.2) is 85.0 Å². The Morgan fingerprint density at radius 1 is 0.654 bits per heavy atom. The molecule has 0 spiro atoms. The Morgan fingerprint density at radius 3 is 1.35 bits per heavy atom. The molecule has 0 radical (unpaired) electrons. The van der Waals surface area contributed by atoms with E-state index in [0.717, 1.165) is 0 Å². The minimum atomic E-state index is -1.50. The van der Waals surface area contributed by atoms with E-state index in [2.05, 4.69) is 10.6 Å². The Balaban J connectivity index is 1.84. The SMILES string of the molecule is NC1(NC(=O)c2ccccc2)C=CC=CC1(N)NC(=O)c1ccccc1. The molecule has 6 N–H and O–H groups in total. The summed E-state index contributed by atoms with van der Waals surface area (Å²) in [5, 5.41) is 5.44. The number of rotatable bonds is 4. The van der Waals surface area contributed by atoms with Gasteiger partial charge >= 0.3 is 0 Å². The Hall–Kier alpha value is -3.22. The van der Waals surface area contributed by atoms with E-state index >= 15 is 0 Å². The predicted octanol–water partition coefficient (Wildman–Crippen LogP) is 1.28. The fourth-order valence-corrected chi connectivity index (χ4v) is 2.68. The first-order valence-corrected chi connectivity index (χ1v) is 8.13. The summed E-state index contributed by atoms with van der Waals surface area (Å²) >= 11 is 0. The second kappa shape index (κ2) is 6.95. The smallest absolute Gasteiger partial charge is 0.253 e. The molecule has 2 amide bonds. The van der Waals surface area contributed by atoms with Gasteiger partial charge in [0.25, 0.3) is 11.8 Å². The molecule has 0 bridgehead atoms. The third kappa shape index (κ3) is 3.42. The molecule has 1 aliphatic carbocycles. The van der Waals surface area contributed by atoms with Gasteiger partial charge in [-0.1, -0.05) is 48.6 Å². The average molecular weight is 348 g/mol. The van der Waals surface area contributed by atoms with Crippen LogP contribution in [0.25, 0.3) is 0 Å². The maximum Gasteiger partial charge on any atom is 0.253 e. The molecule has 0 saturated heterocycles. The molecule has 2 unspecified atom stereocenters. The van der Waals surface area contributed by atoms with Gasteiger partial charge in [-0.3, -0.25) is 9.59 Å². The second-order valence-corrected chi connectivity index (χ2v) is 6.10. The lowest BCUT2D eigenvalue weighted by Crippen LogP contribution is -2.78. The van der Waals surface area contributed by atoms with Gasteiger partial charge in [0.05, 0.1) is 0 Å². The maximum atomic E-state index is 12.5. The second-order valence-electron chi connectivity index (χ2n) is 6.10. The standard InChI is InChI=1S/C20H20N4O2/c21-19(23-17(25)15-9-3-1-4-10-15)13-7-8-14-20(19,22)24-18(26)16-11-5-2-6-12-16/h1-14H,21-22H2,(H,23,25)(H,24,26). The van der Waals surface area contributed by atoms with Gasteiger partial charge in [-0.2, -0.15) is 0 Å². The molecule has 0 heterocycles. The van der Waals surface area contributed by atoms with E-state index in [1.165, 1.54) is 0 Å². The molecule has 0 aromatic heterocycles. The third-order valence-corrected chi connectivity index (χ3v) is 4.23. The molecule has 3 rings (SSSR count). The van der Waals surface area contributed by atoms with Gasteiger partial charge in [-0.05, 0) is 36.4 Å². The van der Waals surface area contributed by atoms with Gasteiger partial charge < -0.3 is 22.1 Å². The van der Waals surface area contributed by atoms with E-state index in [-0.39, 0.29) is 0 Å². The van der Waals surface area contributed by atoms with Gasteiger partial charge in [-0.25, -0.2) is 0 Å². The van der Waals surface area contributed by atoms with Crippen LogP contribution in [-0.2, 0) is 0 Å². The van der Waals surface area contributed by atoms with Crippen molar-refractivity contribution in [1.29, 1.82) is 0 Å². The number of hydrogen-bond donors (Lipinski definition) is 4. The summed E-state index contributed by atoms with van der Waals surface area (Å²) in [5.41, 5.74) is 10.7. The summed E-state index contributed by atoms with van der Waals surface area (Å²) in [6.07, 6.45) is 6.45. The first kappa shape index (κ1) is 17.6. The van der Waals surface area contributed by atoms with Crippen LogP contribution in [0.1, 0.15) is 20.7 Å². The van der Waals surface area contributed by atoms with Crippen LogP contribution in [-0.4, -0.2) is 23.1 Å². The number of allylic oxidation sites excluding steroid dienone is 2. The zero-order chi connectivity index (χ0) is 18.6. The Labute approximate surface area is 151 Å². The Kier molecular flexibility index (Phi) is 4.71. The first-order valence-electron chi connectivity index (χ1n) is 8.13. The van der Waals surface area contributed by atoms with Gasteiger partial charge in [0.15, 0.2) is 0 Å². The monoisotopic (exact) mass is 348 g/mol. The summed E-state index contributed by atoms with van der Waals surface area (Å²) in [7, 11) is 0. The lowest BCUT2D eigenvalue weighted by molar-refractivity contribution is 0.0803. The van der Waals surface area contributed by atoms with Crippen molar-refractivity contribution < 1.29 is 9.59 Å². The molecule has 2 atom stereocenters. The summed E-state index contributed by atoms with van der Waals surface area (Å²) in [6.45, 7) is 0. The zero-order valence-electron chi connectivity index (χ0n) is 14.1. The van der Waals surface area contributed by atoms with Gasteiger partial charge in [0.2, 0.25) is 0 Å². The molecule has 2 aromatic carbocycles. The Morgan fingerprint density at radius 2 is 1.00 bits per heavy atom. The quantitative estimate of drug-likeness (QED) is 0.624. The van der Waals surface area contributed by atoms with Gasteiger partial charge in [0.1, 0.15) is 11.3 Å². The number of hydrogen-bond acceptors (Lipinski definition) is 4. The van der Waals surface area contributed by atoms with E-state index in [0.29, 0.717) is 11.1 Å². The fraction of sp³-hybridized carbons (Fsp3) is 0.100. The topological polar surface area (TPSA) is 110 Å².